The van der Waals surface area contributed by atoms with Crippen LogP contribution in [0, 0.1) is 0 Å². The molecule has 0 bridgehead atoms. The first-order chi connectivity index (χ1) is 13.1. The van der Waals surface area contributed by atoms with Crippen LogP contribution in [-0.4, -0.2) is 34.2 Å². The van der Waals surface area contributed by atoms with E-state index in [1.807, 2.05) is 6.92 Å². The van der Waals surface area contributed by atoms with Crippen molar-refractivity contribution in [1.82, 2.24) is 9.97 Å². The third-order valence-corrected chi connectivity index (χ3v) is 4.97. The number of anilines is 1. The zero-order valence-corrected chi connectivity index (χ0v) is 15.9. The minimum absolute atomic E-state index is 0.106. The van der Waals surface area contributed by atoms with Gasteiger partial charge >= 0.3 is 5.97 Å². The predicted molar refractivity (Wildman–Crippen MR) is 103 cm³/mol. The largest absolute Gasteiger partial charge is 0.462 e. The summed E-state index contributed by atoms with van der Waals surface area (Å²) in [5.74, 6) is -0.469. The quantitative estimate of drug-likeness (QED) is 0.430. The Bertz CT molecular complexity index is 893. The summed E-state index contributed by atoms with van der Waals surface area (Å²) in [6, 6.07) is 6.53. The highest BCUT2D eigenvalue weighted by Crippen LogP contribution is 2.20. The average Bonchev–Trinajstić information content (AvgIpc) is 3.14. The summed E-state index contributed by atoms with van der Waals surface area (Å²) in [6.45, 7) is 2.31. The molecule has 0 unspecified atom stereocenters. The molecule has 1 amide bonds. The van der Waals surface area contributed by atoms with Crippen molar-refractivity contribution in [2.24, 2.45) is 0 Å². The van der Waals surface area contributed by atoms with Crippen LogP contribution in [0.25, 0.3) is 0 Å². The number of benzene rings is 1. The highest BCUT2D eigenvalue weighted by atomic mass is 32.2. The Balaban J connectivity index is 1.53. The van der Waals surface area contributed by atoms with E-state index in [1.54, 1.807) is 24.3 Å². The molecule has 0 aliphatic heterocycles. The number of carbonyl (C=O) groups is 2. The van der Waals surface area contributed by atoms with E-state index in [0.29, 0.717) is 23.0 Å². The minimum atomic E-state index is -0.378. The maximum atomic E-state index is 12.1. The molecule has 1 aromatic heterocycles. The van der Waals surface area contributed by atoms with Crippen molar-refractivity contribution >= 4 is 29.3 Å². The van der Waals surface area contributed by atoms with Gasteiger partial charge in [0.15, 0.2) is 5.16 Å². The predicted octanol–water partition coefficient (Wildman–Crippen LogP) is 2.56. The summed E-state index contributed by atoms with van der Waals surface area (Å²) < 4.78 is 5.06. The molecular formula is C19H21N3O4S. The fourth-order valence-corrected chi connectivity index (χ4v) is 3.47. The highest BCUT2D eigenvalue weighted by Gasteiger charge is 2.17. The number of nitrogens with one attached hydrogen (secondary N) is 2. The molecule has 0 spiro atoms. The molecule has 0 atom stereocenters. The molecule has 1 aromatic carbocycles. The van der Waals surface area contributed by atoms with E-state index in [1.165, 1.54) is 11.8 Å². The van der Waals surface area contributed by atoms with E-state index in [2.05, 4.69) is 15.3 Å². The van der Waals surface area contributed by atoms with Gasteiger partial charge in [0.25, 0.3) is 5.56 Å². The minimum Gasteiger partial charge on any atom is -0.462 e. The Morgan fingerprint density at radius 1 is 1.26 bits per heavy atom. The van der Waals surface area contributed by atoms with Crippen LogP contribution in [0.15, 0.2) is 34.2 Å². The van der Waals surface area contributed by atoms with E-state index in [0.717, 1.165) is 36.9 Å². The maximum absolute atomic E-state index is 12.1. The molecule has 0 fully saturated rings. The van der Waals surface area contributed by atoms with Crippen molar-refractivity contribution in [3.8, 4) is 0 Å². The molecule has 1 aliphatic rings. The van der Waals surface area contributed by atoms with Crippen LogP contribution in [-0.2, 0) is 22.4 Å². The number of aromatic nitrogens is 2. The number of nitrogens with zero attached hydrogens (tertiary/aromatic N) is 1. The molecule has 0 saturated heterocycles. The average molecular weight is 387 g/mol. The number of ether oxygens (including phenoxy) is 1. The molecule has 142 valence electrons. The lowest BCUT2D eigenvalue weighted by Gasteiger charge is -2.07. The van der Waals surface area contributed by atoms with E-state index in [-0.39, 0.29) is 23.2 Å². The molecule has 0 radical (unpaired) electrons. The number of esters is 1. The molecule has 3 rings (SSSR count). The summed E-state index contributed by atoms with van der Waals surface area (Å²) in [4.78, 5) is 43.0. The second kappa shape index (κ2) is 8.85. The number of fused-ring (bicyclic) bond motifs is 1. The van der Waals surface area contributed by atoms with Crippen LogP contribution in [0.3, 0.4) is 0 Å². The van der Waals surface area contributed by atoms with Gasteiger partial charge in [-0.3, -0.25) is 9.59 Å². The van der Waals surface area contributed by atoms with Gasteiger partial charge in [-0.25, -0.2) is 9.78 Å². The molecule has 2 aromatic rings. The number of thioether (sulfide) groups is 1. The van der Waals surface area contributed by atoms with Crippen molar-refractivity contribution < 1.29 is 14.3 Å². The number of hydrogen-bond acceptors (Lipinski definition) is 6. The van der Waals surface area contributed by atoms with Crippen molar-refractivity contribution in [3.63, 3.8) is 0 Å². The van der Waals surface area contributed by atoms with Gasteiger partial charge in [-0.1, -0.05) is 18.7 Å². The van der Waals surface area contributed by atoms with Crippen molar-refractivity contribution in [1.29, 1.82) is 0 Å². The fourth-order valence-electron chi connectivity index (χ4n) is 2.79. The van der Waals surface area contributed by atoms with Crippen LogP contribution in [0.2, 0.25) is 0 Å². The lowest BCUT2D eigenvalue weighted by Crippen LogP contribution is -2.17. The first kappa shape index (κ1) is 19.2. The number of aromatic amines is 1. The number of carbonyl (C=O) groups excluding carboxylic acids is 2. The Morgan fingerprint density at radius 3 is 2.78 bits per heavy atom. The zero-order chi connectivity index (χ0) is 19.2. The number of amides is 1. The Morgan fingerprint density at radius 2 is 2.04 bits per heavy atom. The highest BCUT2D eigenvalue weighted by molar-refractivity contribution is 7.99. The van der Waals surface area contributed by atoms with Gasteiger partial charge in [0, 0.05) is 11.3 Å². The van der Waals surface area contributed by atoms with Crippen LogP contribution < -0.4 is 10.9 Å². The molecule has 1 heterocycles. The SMILES string of the molecule is CCCOC(=O)c1ccc(NC(=O)CSc2nc3c(c(=O)[nH]2)CCC3)cc1. The van der Waals surface area contributed by atoms with Gasteiger partial charge in [0.05, 0.1) is 23.6 Å². The summed E-state index contributed by atoms with van der Waals surface area (Å²) >= 11 is 1.19. The first-order valence-electron chi connectivity index (χ1n) is 8.88. The molecule has 8 heteroatoms. The van der Waals surface area contributed by atoms with Crippen LogP contribution >= 0.6 is 11.8 Å². The lowest BCUT2D eigenvalue weighted by atomic mass is 10.2. The Hall–Kier alpha value is -2.61. The van der Waals surface area contributed by atoms with Gasteiger partial charge in [-0.2, -0.15) is 0 Å². The van der Waals surface area contributed by atoms with Gasteiger partial charge in [0.1, 0.15) is 0 Å². The van der Waals surface area contributed by atoms with E-state index >= 15 is 0 Å². The third-order valence-electron chi connectivity index (χ3n) is 4.10. The van der Waals surface area contributed by atoms with Crippen molar-refractivity contribution in [2.45, 2.75) is 37.8 Å². The molecule has 2 N–H and O–H groups in total. The van der Waals surface area contributed by atoms with Crippen molar-refractivity contribution in [2.75, 3.05) is 17.7 Å². The van der Waals surface area contributed by atoms with Gasteiger partial charge in [-0.15, -0.1) is 0 Å². The molecule has 27 heavy (non-hydrogen) atoms. The van der Waals surface area contributed by atoms with Crippen LogP contribution in [0.1, 0.15) is 41.4 Å². The lowest BCUT2D eigenvalue weighted by molar-refractivity contribution is -0.113. The molecule has 1 aliphatic carbocycles. The topological polar surface area (TPSA) is 101 Å². The molecular weight excluding hydrogens is 366 g/mol. The second-order valence-corrected chi connectivity index (χ2v) is 7.16. The number of H-pyrrole nitrogens is 1. The fraction of sp³-hybridized carbons (Fsp3) is 0.368. The zero-order valence-electron chi connectivity index (χ0n) is 15.0. The van der Waals surface area contributed by atoms with Gasteiger partial charge in [0.2, 0.25) is 5.91 Å². The molecule has 7 nitrogen and oxygen atoms in total. The number of hydrogen-bond donors (Lipinski definition) is 2. The van der Waals surface area contributed by atoms with Crippen LogP contribution in [0.4, 0.5) is 5.69 Å². The number of aryl methyl sites for hydroxylation is 1. The Kier molecular flexibility index (Phi) is 6.28. The summed E-state index contributed by atoms with van der Waals surface area (Å²) in [7, 11) is 0. The van der Waals surface area contributed by atoms with Gasteiger partial charge in [-0.05, 0) is 49.9 Å². The summed E-state index contributed by atoms with van der Waals surface area (Å²) in [5.41, 5.74) is 2.53. The van der Waals surface area contributed by atoms with Crippen molar-refractivity contribution in [3.05, 3.63) is 51.4 Å². The summed E-state index contributed by atoms with van der Waals surface area (Å²) in [5, 5.41) is 3.22. The number of rotatable bonds is 7. The summed E-state index contributed by atoms with van der Waals surface area (Å²) in [6.07, 6.45) is 3.29. The van der Waals surface area contributed by atoms with Gasteiger partial charge < -0.3 is 15.0 Å². The maximum Gasteiger partial charge on any atom is 0.338 e. The molecule has 0 saturated carbocycles. The third kappa shape index (κ3) is 4.97. The monoisotopic (exact) mass is 387 g/mol. The van der Waals surface area contributed by atoms with Crippen LogP contribution in [0.5, 0.6) is 0 Å². The van der Waals surface area contributed by atoms with E-state index in [4.69, 9.17) is 4.74 Å². The standard InChI is InChI=1S/C19H21N3O4S/c1-2-10-26-18(25)12-6-8-13(9-7-12)20-16(23)11-27-19-21-15-5-3-4-14(15)17(24)22-19/h6-9H,2-5,10-11H2,1H3,(H,20,23)(H,21,22,24). The van der Waals surface area contributed by atoms with E-state index < -0.39 is 0 Å². The normalized spacial score (nSPS) is 12.5. The smallest absolute Gasteiger partial charge is 0.338 e. The van der Waals surface area contributed by atoms with E-state index in [9.17, 15) is 14.4 Å². The second-order valence-electron chi connectivity index (χ2n) is 6.20. The first-order valence-corrected chi connectivity index (χ1v) is 9.87. The Labute approximate surface area is 160 Å².